The molecule has 0 unspecified atom stereocenters. The Hall–Kier alpha value is -0.770. The molecule has 0 fully saturated rings. The largest absolute Gasteiger partial charge is 0.528 e. The molecule has 0 radical (unpaired) electrons. The van der Waals surface area contributed by atoms with Gasteiger partial charge in [0.1, 0.15) is 5.60 Å². The molecule has 0 atom stereocenters. The molecule has 60 valence electrons. The average molecular weight is 147 g/mol. The second-order valence-electron chi connectivity index (χ2n) is 2.58. The molecular formula is C6H13NO3. The summed E-state index contributed by atoms with van der Waals surface area (Å²) in [6, 6.07) is 0. The summed E-state index contributed by atoms with van der Waals surface area (Å²) in [6.07, 6.45) is -0.117. The van der Waals surface area contributed by atoms with Crippen LogP contribution < -0.4 is 5.90 Å². The van der Waals surface area contributed by atoms with Crippen molar-refractivity contribution in [3.05, 3.63) is 0 Å². The number of hydrogen-bond acceptors (Lipinski definition) is 4. The van der Waals surface area contributed by atoms with E-state index < -0.39 is 11.8 Å². The van der Waals surface area contributed by atoms with E-state index in [1.165, 1.54) is 0 Å². The number of hydrogen-bond donors (Lipinski definition) is 1. The highest BCUT2D eigenvalue weighted by Crippen LogP contribution is 2.13. The van der Waals surface area contributed by atoms with Crippen molar-refractivity contribution in [2.24, 2.45) is 5.90 Å². The van der Waals surface area contributed by atoms with E-state index in [0.717, 1.165) is 6.42 Å². The van der Waals surface area contributed by atoms with E-state index in [4.69, 9.17) is 4.74 Å². The van der Waals surface area contributed by atoms with Crippen LogP contribution in [0.4, 0.5) is 4.79 Å². The number of carbonyl (C=O) groups excluding carboxylic acids is 1. The second kappa shape index (κ2) is 3.41. The first-order valence-electron chi connectivity index (χ1n) is 3.11. The number of carbonyl (C=O) groups is 1. The zero-order valence-corrected chi connectivity index (χ0v) is 6.51. The highest BCUT2D eigenvalue weighted by Gasteiger charge is 2.20. The van der Waals surface area contributed by atoms with Crippen molar-refractivity contribution in [3.63, 3.8) is 0 Å². The molecule has 0 rings (SSSR count). The van der Waals surface area contributed by atoms with E-state index in [-0.39, 0.29) is 0 Å². The summed E-state index contributed by atoms with van der Waals surface area (Å²) in [7, 11) is 0. The Kier molecular flexibility index (Phi) is 3.15. The number of nitrogens with two attached hydrogens (primary N) is 1. The van der Waals surface area contributed by atoms with Crippen molar-refractivity contribution < 1.29 is 14.4 Å². The molecule has 0 aliphatic carbocycles. The summed E-state index contributed by atoms with van der Waals surface area (Å²) in [6.45, 7) is 5.47. The van der Waals surface area contributed by atoms with E-state index in [1.807, 2.05) is 6.92 Å². The van der Waals surface area contributed by atoms with Gasteiger partial charge in [-0.3, -0.25) is 0 Å². The summed E-state index contributed by atoms with van der Waals surface area (Å²) >= 11 is 0. The highest BCUT2D eigenvalue weighted by atomic mass is 16.8. The maximum atomic E-state index is 10.4. The van der Waals surface area contributed by atoms with Gasteiger partial charge in [-0.1, -0.05) is 6.92 Å². The fourth-order valence-electron chi connectivity index (χ4n) is 0.322. The third kappa shape index (κ3) is 3.29. The lowest BCUT2D eigenvalue weighted by Crippen LogP contribution is -2.28. The normalized spacial score (nSPS) is 10.8. The standard InChI is InChI=1S/C6H13NO3/c1-4-6(2,3)9-5(8)10-7/h4,7H2,1-3H3. The zero-order chi connectivity index (χ0) is 8.20. The molecule has 0 aromatic carbocycles. The first kappa shape index (κ1) is 9.23. The summed E-state index contributed by atoms with van der Waals surface area (Å²) in [5.41, 5.74) is -0.490. The lowest BCUT2D eigenvalue weighted by Gasteiger charge is -2.21. The van der Waals surface area contributed by atoms with Crippen molar-refractivity contribution in [3.8, 4) is 0 Å². The van der Waals surface area contributed by atoms with Crippen molar-refractivity contribution in [1.82, 2.24) is 0 Å². The van der Waals surface area contributed by atoms with Crippen LogP contribution in [0.25, 0.3) is 0 Å². The third-order valence-corrected chi connectivity index (χ3v) is 1.31. The molecule has 2 N–H and O–H groups in total. The van der Waals surface area contributed by atoms with Gasteiger partial charge in [0.05, 0.1) is 0 Å². The predicted molar refractivity (Wildman–Crippen MR) is 36.1 cm³/mol. The molecule has 0 aromatic rings. The topological polar surface area (TPSA) is 61.5 Å². The van der Waals surface area contributed by atoms with Gasteiger partial charge in [-0.05, 0) is 20.3 Å². The molecule has 0 bridgehead atoms. The minimum atomic E-state index is -0.841. The van der Waals surface area contributed by atoms with Gasteiger partial charge in [-0.15, -0.1) is 0 Å². The molecule has 4 heteroatoms. The Labute approximate surface area is 60.2 Å². The molecule has 0 aromatic heterocycles. The van der Waals surface area contributed by atoms with Gasteiger partial charge in [0.25, 0.3) is 0 Å². The molecule has 4 nitrogen and oxygen atoms in total. The summed E-state index contributed by atoms with van der Waals surface area (Å²) in [5, 5.41) is 0. The Morgan fingerprint density at radius 3 is 2.40 bits per heavy atom. The van der Waals surface area contributed by atoms with Crippen molar-refractivity contribution in [2.75, 3.05) is 0 Å². The molecule has 0 aliphatic heterocycles. The molecule has 10 heavy (non-hydrogen) atoms. The van der Waals surface area contributed by atoms with E-state index in [1.54, 1.807) is 13.8 Å². The zero-order valence-electron chi connectivity index (χ0n) is 6.51. The second-order valence-corrected chi connectivity index (χ2v) is 2.58. The Balaban J connectivity index is 3.76. The van der Waals surface area contributed by atoms with Crippen LogP contribution in [0, 0.1) is 0 Å². The number of ether oxygens (including phenoxy) is 1. The fourth-order valence-corrected chi connectivity index (χ4v) is 0.322. The maximum Gasteiger partial charge on any atom is 0.528 e. The van der Waals surface area contributed by atoms with Gasteiger partial charge in [-0.25, -0.2) is 4.79 Å². The monoisotopic (exact) mass is 147 g/mol. The smallest absolute Gasteiger partial charge is 0.427 e. The van der Waals surface area contributed by atoms with Gasteiger partial charge in [0.15, 0.2) is 0 Å². The Bertz CT molecular complexity index is 122. The lowest BCUT2D eigenvalue weighted by molar-refractivity contribution is -0.0186. The van der Waals surface area contributed by atoms with E-state index in [9.17, 15) is 4.79 Å². The molecule has 0 saturated carbocycles. The van der Waals surface area contributed by atoms with Crippen LogP contribution in [0.1, 0.15) is 27.2 Å². The van der Waals surface area contributed by atoms with E-state index >= 15 is 0 Å². The van der Waals surface area contributed by atoms with Gasteiger partial charge in [-0.2, -0.15) is 5.90 Å². The lowest BCUT2D eigenvalue weighted by atomic mass is 10.1. The molecular weight excluding hydrogens is 134 g/mol. The maximum absolute atomic E-state index is 10.4. The van der Waals surface area contributed by atoms with Crippen LogP contribution >= 0.6 is 0 Å². The molecule has 0 heterocycles. The summed E-state index contributed by atoms with van der Waals surface area (Å²) in [5.74, 6) is 4.56. The van der Waals surface area contributed by atoms with E-state index in [2.05, 4.69) is 10.7 Å². The Morgan fingerprint density at radius 1 is 1.60 bits per heavy atom. The minimum Gasteiger partial charge on any atom is -0.427 e. The van der Waals surface area contributed by atoms with Gasteiger partial charge < -0.3 is 9.57 Å². The molecule has 0 saturated heterocycles. The summed E-state index contributed by atoms with van der Waals surface area (Å²) in [4.78, 5) is 14.2. The fraction of sp³-hybridized carbons (Fsp3) is 0.833. The van der Waals surface area contributed by atoms with Gasteiger partial charge >= 0.3 is 6.16 Å². The van der Waals surface area contributed by atoms with Gasteiger partial charge in [0, 0.05) is 0 Å². The van der Waals surface area contributed by atoms with Crippen LogP contribution in [-0.4, -0.2) is 11.8 Å². The van der Waals surface area contributed by atoms with Crippen LogP contribution in [-0.2, 0) is 9.57 Å². The van der Waals surface area contributed by atoms with Crippen LogP contribution in [0.2, 0.25) is 0 Å². The highest BCUT2D eigenvalue weighted by molar-refractivity contribution is 5.59. The van der Waals surface area contributed by atoms with Gasteiger partial charge in [0.2, 0.25) is 0 Å². The number of rotatable bonds is 2. The Morgan fingerprint density at radius 2 is 2.10 bits per heavy atom. The summed E-state index contributed by atoms with van der Waals surface area (Å²) < 4.78 is 4.75. The first-order valence-corrected chi connectivity index (χ1v) is 3.11. The van der Waals surface area contributed by atoms with E-state index in [0.29, 0.717) is 0 Å². The van der Waals surface area contributed by atoms with Crippen molar-refractivity contribution in [1.29, 1.82) is 0 Å². The van der Waals surface area contributed by atoms with Crippen LogP contribution in [0.5, 0.6) is 0 Å². The quantitative estimate of drug-likeness (QED) is 0.471. The third-order valence-electron chi connectivity index (χ3n) is 1.31. The molecule has 0 amide bonds. The van der Waals surface area contributed by atoms with Crippen LogP contribution in [0.15, 0.2) is 0 Å². The first-order chi connectivity index (χ1) is 4.52. The van der Waals surface area contributed by atoms with Crippen LogP contribution in [0.3, 0.4) is 0 Å². The molecule has 0 aliphatic rings. The minimum absolute atomic E-state index is 0.490. The molecule has 0 spiro atoms. The average Bonchev–Trinajstić information content (AvgIpc) is 1.87. The van der Waals surface area contributed by atoms with Crippen molar-refractivity contribution in [2.45, 2.75) is 32.8 Å². The predicted octanol–water partition coefficient (Wildman–Crippen LogP) is 1.20. The van der Waals surface area contributed by atoms with Crippen molar-refractivity contribution >= 4 is 6.16 Å². The SMILES string of the molecule is CCC(C)(C)OC(=O)ON.